The summed E-state index contributed by atoms with van der Waals surface area (Å²) in [6, 6.07) is 0.712. The Kier molecular flexibility index (Phi) is 6.17. The molecule has 4 heteroatoms. The number of methoxy groups -OCH3 is 1. The van der Waals surface area contributed by atoms with Gasteiger partial charge in [0.15, 0.2) is 0 Å². The van der Waals surface area contributed by atoms with Crippen molar-refractivity contribution in [2.24, 2.45) is 0 Å². The maximum Gasteiger partial charge on any atom is 0.0900 e. The first-order chi connectivity index (χ1) is 7.27. The summed E-state index contributed by atoms with van der Waals surface area (Å²) in [6.45, 7) is 5.44. The second kappa shape index (κ2) is 7.17. The van der Waals surface area contributed by atoms with E-state index < -0.39 is 0 Å². The second-order valence-corrected chi connectivity index (χ2v) is 4.04. The van der Waals surface area contributed by atoms with Crippen LogP contribution in [0.1, 0.15) is 19.8 Å². The summed E-state index contributed by atoms with van der Waals surface area (Å²) in [5.74, 6) is 0. The predicted molar refractivity (Wildman–Crippen MR) is 59.0 cm³/mol. The Morgan fingerprint density at radius 1 is 1.40 bits per heavy atom. The molecule has 1 rings (SSSR count). The molecule has 90 valence electrons. The third-order valence-electron chi connectivity index (χ3n) is 2.66. The quantitative estimate of drug-likeness (QED) is 0.571. The molecule has 1 N–H and O–H groups in total. The molecule has 4 nitrogen and oxygen atoms in total. The van der Waals surface area contributed by atoms with Crippen LogP contribution in [0.3, 0.4) is 0 Å². The van der Waals surface area contributed by atoms with Gasteiger partial charge in [0.2, 0.25) is 0 Å². The lowest BCUT2D eigenvalue weighted by Gasteiger charge is -2.23. The van der Waals surface area contributed by atoms with Gasteiger partial charge in [0.25, 0.3) is 0 Å². The van der Waals surface area contributed by atoms with Crippen molar-refractivity contribution in [1.29, 1.82) is 0 Å². The topological polar surface area (TPSA) is 41.9 Å². The molecule has 0 heterocycles. The zero-order chi connectivity index (χ0) is 11.1. The van der Waals surface area contributed by atoms with Crippen LogP contribution in [0, 0.1) is 0 Å². The zero-order valence-corrected chi connectivity index (χ0v) is 9.82. The van der Waals surface area contributed by atoms with Crippen molar-refractivity contribution in [3.05, 3.63) is 0 Å². The molecule has 1 aliphatic rings. The summed E-state index contributed by atoms with van der Waals surface area (Å²) < 4.78 is 10.1. The van der Waals surface area contributed by atoms with Crippen LogP contribution < -0.4 is 0 Å². The maximum atomic E-state index is 9.72. The highest BCUT2D eigenvalue weighted by atomic mass is 16.5. The molecule has 0 aliphatic heterocycles. The van der Waals surface area contributed by atoms with Gasteiger partial charge >= 0.3 is 0 Å². The van der Waals surface area contributed by atoms with Gasteiger partial charge in [0.1, 0.15) is 0 Å². The summed E-state index contributed by atoms with van der Waals surface area (Å²) in [4.78, 5) is 2.32. The molecule has 15 heavy (non-hydrogen) atoms. The molecule has 0 aromatic carbocycles. The van der Waals surface area contributed by atoms with Crippen LogP contribution in [-0.2, 0) is 9.47 Å². The fraction of sp³-hybridized carbons (Fsp3) is 1.00. The van der Waals surface area contributed by atoms with Gasteiger partial charge in [-0.2, -0.15) is 0 Å². The average molecular weight is 217 g/mol. The number of aliphatic hydroxyl groups is 1. The molecule has 1 saturated carbocycles. The van der Waals surface area contributed by atoms with E-state index >= 15 is 0 Å². The number of likely N-dealkylation sites (N-methyl/N-ethyl adjacent to an activating group) is 1. The van der Waals surface area contributed by atoms with Gasteiger partial charge < -0.3 is 14.6 Å². The number of rotatable bonds is 9. The minimum Gasteiger partial charge on any atom is -0.389 e. The van der Waals surface area contributed by atoms with Crippen molar-refractivity contribution >= 4 is 0 Å². The molecular weight excluding hydrogens is 194 g/mol. The van der Waals surface area contributed by atoms with Gasteiger partial charge in [-0.1, -0.05) is 6.92 Å². The molecule has 0 amide bonds. The van der Waals surface area contributed by atoms with Crippen LogP contribution in [-0.4, -0.2) is 62.2 Å². The van der Waals surface area contributed by atoms with Crippen LogP contribution in [0.25, 0.3) is 0 Å². The Balaban J connectivity index is 2.02. The summed E-state index contributed by atoms with van der Waals surface area (Å²) >= 11 is 0. The first-order valence-corrected chi connectivity index (χ1v) is 5.76. The van der Waals surface area contributed by atoms with Crippen molar-refractivity contribution in [1.82, 2.24) is 4.90 Å². The lowest BCUT2D eigenvalue weighted by Crippen LogP contribution is -2.36. The molecule has 0 aromatic rings. The number of hydrogen-bond acceptors (Lipinski definition) is 4. The summed E-state index contributed by atoms with van der Waals surface area (Å²) in [7, 11) is 1.64. The van der Waals surface area contributed by atoms with E-state index in [1.165, 1.54) is 12.8 Å². The third kappa shape index (κ3) is 5.47. The summed E-state index contributed by atoms with van der Waals surface area (Å²) in [5, 5.41) is 9.72. The van der Waals surface area contributed by atoms with E-state index in [1.807, 2.05) is 0 Å². The van der Waals surface area contributed by atoms with Gasteiger partial charge in [0.05, 0.1) is 25.9 Å². The molecule has 0 saturated heterocycles. The van der Waals surface area contributed by atoms with Crippen LogP contribution >= 0.6 is 0 Å². The van der Waals surface area contributed by atoms with Crippen molar-refractivity contribution in [3.8, 4) is 0 Å². The average Bonchev–Trinajstić information content (AvgIpc) is 3.05. The minimum atomic E-state index is -0.373. The molecule has 1 aliphatic carbocycles. The Bertz CT molecular complexity index is 162. The van der Waals surface area contributed by atoms with E-state index in [0.29, 0.717) is 25.9 Å². The fourth-order valence-corrected chi connectivity index (χ4v) is 1.66. The lowest BCUT2D eigenvalue weighted by molar-refractivity contribution is -0.000960. The smallest absolute Gasteiger partial charge is 0.0900 e. The maximum absolute atomic E-state index is 9.72. The minimum absolute atomic E-state index is 0.373. The first kappa shape index (κ1) is 12.9. The van der Waals surface area contributed by atoms with Crippen LogP contribution in [0.2, 0.25) is 0 Å². The van der Waals surface area contributed by atoms with Gasteiger partial charge in [0, 0.05) is 19.7 Å². The highest BCUT2D eigenvalue weighted by Crippen LogP contribution is 2.26. The van der Waals surface area contributed by atoms with Crippen LogP contribution in [0.15, 0.2) is 0 Å². The molecule has 0 spiro atoms. The summed E-state index contributed by atoms with van der Waals surface area (Å²) in [5.41, 5.74) is 0. The van der Waals surface area contributed by atoms with Crippen LogP contribution in [0.4, 0.5) is 0 Å². The standard InChI is InChI=1S/C11H23NO3/c1-3-12(10-4-5-10)8-11(13)9-15-7-6-14-2/h10-11,13H,3-9H2,1-2H3. The Morgan fingerprint density at radius 3 is 2.67 bits per heavy atom. The van der Waals surface area contributed by atoms with Crippen molar-refractivity contribution in [3.63, 3.8) is 0 Å². The Labute approximate surface area is 92.2 Å². The Hall–Kier alpha value is -0.160. The first-order valence-electron chi connectivity index (χ1n) is 5.76. The van der Waals surface area contributed by atoms with E-state index in [2.05, 4.69) is 11.8 Å². The number of aliphatic hydroxyl groups excluding tert-OH is 1. The highest BCUT2D eigenvalue weighted by molar-refractivity contribution is 4.84. The van der Waals surface area contributed by atoms with Crippen LogP contribution in [0.5, 0.6) is 0 Å². The summed E-state index contributed by atoms with van der Waals surface area (Å²) in [6.07, 6.45) is 2.19. The van der Waals surface area contributed by atoms with E-state index in [0.717, 1.165) is 13.1 Å². The van der Waals surface area contributed by atoms with Gasteiger partial charge in [-0.3, -0.25) is 4.90 Å². The Morgan fingerprint density at radius 2 is 2.13 bits per heavy atom. The third-order valence-corrected chi connectivity index (χ3v) is 2.66. The predicted octanol–water partition coefficient (Wildman–Crippen LogP) is 0.495. The van der Waals surface area contributed by atoms with Crippen molar-refractivity contribution in [2.45, 2.75) is 31.9 Å². The normalized spacial score (nSPS) is 18.4. The molecule has 1 fully saturated rings. The highest BCUT2D eigenvalue weighted by Gasteiger charge is 2.28. The van der Waals surface area contributed by atoms with E-state index in [-0.39, 0.29) is 6.10 Å². The molecule has 1 atom stereocenters. The largest absolute Gasteiger partial charge is 0.389 e. The SMILES string of the molecule is CCN(CC(O)COCCOC)C1CC1. The fourth-order valence-electron chi connectivity index (χ4n) is 1.66. The monoisotopic (exact) mass is 217 g/mol. The molecule has 1 unspecified atom stereocenters. The molecular formula is C11H23NO3. The van der Waals surface area contributed by atoms with Gasteiger partial charge in [-0.15, -0.1) is 0 Å². The van der Waals surface area contributed by atoms with Crippen molar-refractivity contribution in [2.75, 3.05) is 40.0 Å². The molecule has 0 aromatic heterocycles. The van der Waals surface area contributed by atoms with E-state index in [9.17, 15) is 5.11 Å². The number of nitrogens with zero attached hydrogens (tertiary/aromatic N) is 1. The van der Waals surface area contributed by atoms with Crippen molar-refractivity contribution < 1.29 is 14.6 Å². The zero-order valence-electron chi connectivity index (χ0n) is 9.82. The van der Waals surface area contributed by atoms with E-state index in [1.54, 1.807) is 7.11 Å². The van der Waals surface area contributed by atoms with Gasteiger partial charge in [-0.25, -0.2) is 0 Å². The number of ether oxygens (including phenoxy) is 2. The lowest BCUT2D eigenvalue weighted by atomic mass is 10.3. The second-order valence-electron chi connectivity index (χ2n) is 4.04. The number of hydrogen-bond donors (Lipinski definition) is 1. The molecule has 0 bridgehead atoms. The van der Waals surface area contributed by atoms with E-state index in [4.69, 9.17) is 9.47 Å². The van der Waals surface area contributed by atoms with Gasteiger partial charge in [-0.05, 0) is 19.4 Å². The molecule has 0 radical (unpaired) electrons.